The molecule has 1 aliphatic heterocycles. The van der Waals surface area contributed by atoms with Gasteiger partial charge in [-0.3, -0.25) is 4.79 Å². The summed E-state index contributed by atoms with van der Waals surface area (Å²) >= 11 is 0. The number of nitrogens with one attached hydrogen (secondary N) is 1. The number of amides is 1. The van der Waals surface area contributed by atoms with E-state index < -0.39 is 28.0 Å². The highest BCUT2D eigenvalue weighted by atomic mass is 32.2. The summed E-state index contributed by atoms with van der Waals surface area (Å²) in [6.07, 6.45) is -4.80. The summed E-state index contributed by atoms with van der Waals surface area (Å²) in [5.74, 6) is -0.777. The number of carbonyl (C=O) groups excluding carboxylic acids is 1. The highest BCUT2D eigenvalue weighted by Crippen LogP contribution is 2.27. The summed E-state index contributed by atoms with van der Waals surface area (Å²) in [5, 5.41) is 2.51. The molecule has 0 aliphatic carbocycles. The van der Waals surface area contributed by atoms with Crippen LogP contribution in [0.3, 0.4) is 0 Å². The lowest BCUT2D eigenvalue weighted by atomic mass is 10.2. The Hall–Kier alpha value is -3.08. The number of rotatable bonds is 4. The van der Waals surface area contributed by atoms with Gasteiger partial charge < -0.3 is 15.0 Å². The Kier molecular flexibility index (Phi) is 5.02. The zero-order chi connectivity index (χ0) is 20.5. The number of alkyl halides is 3. The van der Waals surface area contributed by atoms with Crippen LogP contribution in [0.1, 0.15) is 5.56 Å². The number of halogens is 3. The minimum Gasteiger partial charge on any atom is -0.406 e. The van der Waals surface area contributed by atoms with E-state index in [2.05, 4.69) is 14.5 Å². The number of anilines is 1. The molecule has 1 heterocycles. The fourth-order valence-corrected chi connectivity index (χ4v) is 3.85. The first kappa shape index (κ1) is 19.7. The van der Waals surface area contributed by atoms with Crippen molar-refractivity contribution in [3.63, 3.8) is 0 Å². The SMILES string of the molecule is CN(CC(=O)Nc1ccc(OC(F)(F)F)cc1)C1=NS(=O)(=O)c2ccccc21. The van der Waals surface area contributed by atoms with E-state index in [1.165, 1.54) is 30.1 Å². The monoisotopic (exact) mass is 413 g/mol. The molecule has 0 atom stereocenters. The Morgan fingerprint density at radius 1 is 1.14 bits per heavy atom. The highest BCUT2D eigenvalue weighted by molar-refractivity contribution is 7.90. The third kappa shape index (κ3) is 4.42. The zero-order valence-electron chi connectivity index (χ0n) is 14.4. The lowest BCUT2D eigenvalue weighted by Crippen LogP contribution is -2.34. The Bertz CT molecular complexity index is 1030. The van der Waals surface area contributed by atoms with Gasteiger partial charge in [-0.05, 0) is 36.4 Å². The predicted octanol–water partition coefficient (Wildman–Crippen LogP) is 2.60. The number of ether oxygens (including phenoxy) is 1. The van der Waals surface area contributed by atoms with Gasteiger partial charge in [0, 0.05) is 18.3 Å². The van der Waals surface area contributed by atoms with E-state index >= 15 is 0 Å². The van der Waals surface area contributed by atoms with E-state index in [1.54, 1.807) is 18.2 Å². The molecule has 0 saturated heterocycles. The third-order valence-electron chi connectivity index (χ3n) is 3.73. The van der Waals surface area contributed by atoms with Crippen molar-refractivity contribution in [1.29, 1.82) is 0 Å². The molecule has 0 spiro atoms. The van der Waals surface area contributed by atoms with Gasteiger partial charge in [0.25, 0.3) is 10.0 Å². The molecule has 0 unspecified atom stereocenters. The molecule has 7 nitrogen and oxygen atoms in total. The molecule has 3 rings (SSSR count). The van der Waals surface area contributed by atoms with Crippen LogP contribution in [0.5, 0.6) is 5.75 Å². The van der Waals surface area contributed by atoms with Gasteiger partial charge in [-0.1, -0.05) is 12.1 Å². The summed E-state index contributed by atoms with van der Waals surface area (Å²) < 4.78 is 68.1. The molecular formula is C17H14F3N3O4S. The van der Waals surface area contributed by atoms with Crippen molar-refractivity contribution in [2.45, 2.75) is 11.3 Å². The van der Waals surface area contributed by atoms with Crippen molar-refractivity contribution >= 4 is 27.5 Å². The summed E-state index contributed by atoms with van der Waals surface area (Å²) in [7, 11) is -2.30. The lowest BCUT2D eigenvalue weighted by molar-refractivity contribution is -0.274. The molecule has 0 fully saturated rings. The van der Waals surface area contributed by atoms with Crippen LogP contribution in [0.15, 0.2) is 57.8 Å². The number of likely N-dealkylation sites (N-methyl/N-ethyl adjacent to an activating group) is 1. The Balaban J connectivity index is 1.66. The van der Waals surface area contributed by atoms with Crippen molar-refractivity contribution in [3.05, 3.63) is 54.1 Å². The molecule has 0 saturated carbocycles. The zero-order valence-corrected chi connectivity index (χ0v) is 15.2. The largest absolute Gasteiger partial charge is 0.573 e. The van der Waals surface area contributed by atoms with Crippen molar-refractivity contribution in [1.82, 2.24) is 4.90 Å². The molecular weight excluding hydrogens is 399 g/mol. The molecule has 1 aliphatic rings. The fraction of sp³-hybridized carbons (Fsp3) is 0.176. The molecule has 2 aromatic rings. The minimum absolute atomic E-state index is 0.0671. The fourth-order valence-electron chi connectivity index (χ4n) is 2.59. The van der Waals surface area contributed by atoms with Crippen LogP contribution in [-0.2, 0) is 14.8 Å². The van der Waals surface area contributed by atoms with Crippen molar-refractivity contribution in [2.75, 3.05) is 18.9 Å². The average molecular weight is 413 g/mol. The number of sulfonamides is 1. The van der Waals surface area contributed by atoms with E-state index in [-0.39, 0.29) is 23.0 Å². The van der Waals surface area contributed by atoms with Crippen molar-refractivity contribution in [3.8, 4) is 5.75 Å². The van der Waals surface area contributed by atoms with E-state index in [9.17, 15) is 26.4 Å². The maximum Gasteiger partial charge on any atom is 0.573 e. The Morgan fingerprint density at radius 3 is 2.43 bits per heavy atom. The molecule has 28 heavy (non-hydrogen) atoms. The van der Waals surface area contributed by atoms with Gasteiger partial charge in [0.2, 0.25) is 5.91 Å². The molecule has 0 radical (unpaired) electrons. The number of hydrogen-bond acceptors (Lipinski definition) is 5. The smallest absolute Gasteiger partial charge is 0.406 e. The Morgan fingerprint density at radius 2 is 1.79 bits per heavy atom. The summed E-state index contributed by atoms with van der Waals surface area (Å²) in [6, 6.07) is 10.9. The molecule has 0 bridgehead atoms. The standard InChI is InChI=1S/C17H14F3N3O4S/c1-23(16-13-4-2-3-5-14(13)28(25,26)22-16)10-15(24)21-11-6-8-12(9-7-11)27-17(18,19)20/h2-9H,10H2,1H3,(H,21,24). The van der Waals surface area contributed by atoms with Crippen LogP contribution in [0, 0.1) is 0 Å². The molecule has 148 valence electrons. The second-order valence-corrected chi connectivity index (χ2v) is 7.44. The number of benzene rings is 2. The normalized spacial score (nSPS) is 14.8. The van der Waals surface area contributed by atoms with Crippen LogP contribution in [0.4, 0.5) is 18.9 Å². The van der Waals surface area contributed by atoms with E-state index in [4.69, 9.17) is 0 Å². The van der Waals surface area contributed by atoms with E-state index in [0.717, 1.165) is 12.1 Å². The maximum absolute atomic E-state index is 12.2. The van der Waals surface area contributed by atoms with Gasteiger partial charge in [0.1, 0.15) is 10.6 Å². The van der Waals surface area contributed by atoms with Gasteiger partial charge in [0.15, 0.2) is 5.84 Å². The van der Waals surface area contributed by atoms with Crippen molar-refractivity contribution < 1.29 is 31.1 Å². The van der Waals surface area contributed by atoms with Crippen LogP contribution < -0.4 is 10.1 Å². The summed E-state index contributed by atoms with van der Waals surface area (Å²) in [5.41, 5.74) is 0.653. The highest BCUT2D eigenvalue weighted by Gasteiger charge is 2.32. The molecule has 1 amide bonds. The predicted molar refractivity (Wildman–Crippen MR) is 94.5 cm³/mol. The van der Waals surface area contributed by atoms with Gasteiger partial charge in [0.05, 0.1) is 6.54 Å². The number of hydrogen-bond donors (Lipinski definition) is 1. The molecule has 0 aromatic heterocycles. The number of nitrogens with zero attached hydrogens (tertiary/aromatic N) is 2. The number of amidine groups is 1. The number of carbonyl (C=O) groups is 1. The first-order valence-corrected chi connectivity index (χ1v) is 9.30. The van der Waals surface area contributed by atoms with Gasteiger partial charge in [-0.25, -0.2) is 0 Å². The number of fused-ring (bicyclic) bond motifs is 1. The van der Waals surface area contributed by atoms with Crippen LogP contribution in [0.25, 0.3) is 0 Å². The van der Waals surface area contributed by atoms with Gasteiger partial charge in [-0.15, -0.1) is 17.6 Å². The first-order valence-electron chi connectivity index (χ1n) is 7.86. The lowest BCUT2D eigenvalue weighted by Gasteiger charge is -2.18. The quantitative estimate of drug-likeness (QED) is 0.833. The second kappa shape index (κ2) is 7.15. The summed E-state index contributed by atoms with van der Waals surface area (Å²) in [6.45, 7) is -0.219. The maximum atomic E-state index is 12.2. The summed E-state index contributed by atoms with van der Waals surface area (Å²) in [4.78, 5) is 13.6. The third-order valence-corrected chi connectivity index (χ3v) is 5.05. The average Bonchev–Trinajstić information content (AvgIpc) is 2.87. The Labute approximate surface area is 158 Å². The van der Waals surface area contributed by atoms with Gasteiger partial charge >= 0.3 is 6.36 Å². The van der Waals surface area contributed by atoms with Crippen molar-refractivity contribution in [2.24, 2.45) is 4.40 Å². The van der Waals surface area contributed by atoms with E-state index in [0.29, 0.717) is 5.56 Å². The van der Waals surface area contributed by atoms with Crippen LogP contribution in [0.2, 0.25) is 0 Å². The molecule has 11 heteroatoms. The topological polar surface area (TPSA) is 88.1 Å². The first-order chi connectivity index (χ1) is 13.0. The van der Waals surface area contributed by atoms with Crippen LogP contribution >= 0.6 is 0 Å². The van der Waals surface area contributed by atoms with Crippen LogP contribution in [-0.4, -0.2) is 45.0 Å². The molecule has 1 N–H and O–H groups in total. The molecule has 2 aromatic carbocycles. The minimum atomic E-state index is -4.80. The van der Waals surface area contributed by atoms with E-state index in [1.807, 2.05) is 0 Å². The van der Waals surface area contributed by atoms with Gasteiger partial charge in [-0.2, -0.15) is 8.42 Å². The second-order valence-electron chi connectivity index (χ2n) is 5.86.